The number of amides is 1. The third-order valence-corrected chi connectivity index (χ3v) is 4.12. The molecule has 28 heavy (non-hydrogen) atoms. The molecule has 3 aromatic rings. The van der Waals surface area contributed by atoms with Crippen LogP contribution in [0.3, 0.4) is 0 Å². The third kappa shape index (κ3) is 3.85. The number of nitrogens with one attached hydrogen (secondary N) is 1. The van der Waals surface area contributed by atoms with Gasteiger partial charge in [0.1, 0.15) is 17.2 Å². The Morgan fingerprint density at radius 2 is 1.89 bits per heavy atom. The van der Waals surface area contributed by atoms with Crippen molar-refractivity contribution in [3.05, 3.63) is 59.1 Å². The zero-order valence-corrected chi connectivity index (χ0v) is 14.4. The van der Waals surface area contributed by atoms with Crippen LogP contribution >= 0.6 is 0 Å². The van der Waals surface area contributed by atoms with E-state index in [1.54, 1.807) is 0 Å². The lowest BCUT2D eigenvalue weighted by Gasteiger charge is -2.12. The minimum absolute atomic E-state index is 0.0625. The fourth-order valence-electron chi connectivity index (χ4n) is 2.83. The maximum absolute atomic E-state index is 14.0. The van der Waals surface area contributed by atoms with E-state index in [-0.39, 0.29) is 53.1 Å². The summed E-state index contributed by atoms with van der Waals surface area (Å²) in [5.41, 5.74) is 4.15. The lowest BCUT2D eigenvalue weighted by molar-refractivity contribution is -0.136. The summed E-state index contributed by atoms with van der Waals surface area (Å²) in [5.74, 6) is -1.41. The van der Waals surface area contributed by atoms with E-state index in [0.717, 1.165) is 18.2 Å². The molecule has 0 atom stereocenters. The summed E-state index contributed by atoms with van der Waals surface area (Å²) in [6.45, 7) is -0.473. The summed E-state index contributed by atoms with van der Waals surface area (Å²) >= 11 is 0. The highest BCUT2D eigenvalue weighted by Gasteiger charge is 2.35. The van der Waals surface area contributed by atoms with Crippen molar-refractivity contribution >= 4 is 16.9 Å². The number of halogens is 4. The Morgan fingerprint density at radius 3 is 2.54 bits per heavy atom. The van der Waals surface area contributed by atoms with Crippen molar-refractivity contribution in [1.29, 1.82) is 0 Å². The smallest absolute Gasteiger partial charge is 0.420 e. The molecule has 2 aromatic carbocycles. The molecule has 0 spiro atoms. The fourth-order valence-corrected chi connectivity index (χ4v) is 2.83. The molecule has 0 unspecified atom stereocenters. The molecule has 1 heterocycles. The maximum Gasteiger partial charge on any atom is 0.420 e. The molecule has 0 saturated heterocycles. The molecule has 9 heteroatoms. The first-order valence-electron chi connectivity index (χ1n) is 8.27. The van der Waals surface area contributed by atoms with Crippen LogP contribution in [0, 0.1) is 5.82 Å². The van der Waals surface area contributed by atoms with Gasteiger partial charge in [0.05, 0.1) is 24.3 Å². The van der Waals surface area contributed by atoms with Gasteiger partial charge in [-0.1, -0.05) is 6.07 Å². The lowest BCUT2D eigenvalue weighted by Crippen LogP contribution is -2.27. The third-order valence-electron chi connectivity index (χ3n) is 4.12. The van der Waals surface area contributed by atoms with Gasteiger partial charge >= 0.3 is 6.18 Å². The summed E-state index contributed by atoms with van der Waals surface area (Å²) in [6, 6.07) is 7.19. The van der Waals surface area contributed by atoms with E-state index >= 15 is 0 Å². The highest BCUT2D eigenvalue weighted by atomic mass is 19.4. The molecule has 0 saturated carbocycles. The van der Waals surface area contributed by atoms with Crippen molar-refractivity contribution in [2.45, 2.75) is 12.7 Å². The molecule has 0 fully saturated rings. The maximum atomic E-state index is 14.0. The van der Waals surface area contributed by atoms with Crippen molar-refractivity contribution in [3.63, 3.8) is 0 Å². The number of hydrogen-bond acceptors (Lipinski definition) is 4. The van der Waals surface area contributed by atoms with Crippen LogP contribution in [-0.2, 0) is 12.7 Å². The van der Waals surface area contributed by atoms with E-state index in [2.05, 4.69) is 5.32 Å². The number of aliphatic hydroxyl groups excluding tert-OH is 1. The van der Waals surface area contributed by atoms with Gasteiger partial charge in [-0.3, -0.25) is 4.79 Å². The molecule has 5 nitrogen and oxygen atoms in total. The minimum Gasteiger partial charge on any atom is -0.459 e. The average molecular weight is 396 g/mol. The summed E-state index contributed by atoms with van der Waals surface area (Å²) in [7, 11) is 0. The largest absolute Gasteiger partial charge is 0.459 e. The van der Waals surface area contributed by atoms with Gasteiger partial charge in [0.25, 0.3) is 5.91 Å². The first-order valence-corrected chi connectivity index (χ1v) is 8.27. The number of benzene rings is 2. The van der Waals surface area contributed by atoms with E-state index in [0.29, 0.717) is 0 Å². The first kappa shape index (κ1) is 19.8. The van der Waals surface area contributed by atoms with Crippen LogP contribution in [0.15, 0.2) is 40.8 Å². The van der Waals surface area contributed by atoms with Crippen LogP contribution in [0.1, 0.15) is 21.7 Å². The number of alkyl halides is 3. The van der Waals surface area contributed by atoms with Crippen LogP contribution in [0.25, 0.3) is 22.1 Å². The van der Waals surface area contributed by atoms with Crippen molar-refractivity contribution in [3.8, 4) is 11.1 Å². The second-order valence-corrected chi connectivity index (χ2v) is 6.03. The Hall–Kier alpha value is -2.91. The number of hydrogen-bond donors (Lipinski definition) is 3. The Bertz CT molecular complexity index is 1030. The zero-order chi connectivity index (χ0) is 20.5. The lowest BCUT2D eigenvalue weighted by atomic mass is 9.98. The molecule has 4 N–H and O–H groups in total. The van der Waals surface area contributed by atoms with Gasteiger partial charge < -0.3 is 20.6 Å². The van der Waals surface area contributed by atoms with Gasteiger partial charge in [0.2, 0.25) is 0 Å². The second kappa shape index (κ2) is 7.61. The van der Waals surface area contributed by atoms with Crippen LogP contribution in [0.5, 0.6) is 0 Å². The highest BCUT2D eigenvalue weighted by molar-refractivity contribution is 5.96. The van der Waals surface area contributed by atoms with E-state index in [1.165, 1.54) is 18.2 Å². The monoisotopic (exact) mass is 396 g/mol. The average Bonchev–Trinajstić information content (AvgIpc) is 3.08. The van der Waals surface area contributed by atoms with Crippen molar-refractivity contribution in [1.82, 2.24) is 5.32 Å². The molecule has 0 aliphatic heterocycles. The number of carbonyl (C=O) groups is 1. The van der Waals surface area contributed by atoms with Gasteiger partial charge in [-0.25, -0.2) is 4.39 Å². The highest BCUT2D eigenvalue weighted by Crippen LogP contribution is 2.39. The summed E-state index contributed by atoms with van der Waals surface area (Å²) in [5, 5.41) is 11.3. The molecule has 0 bridgehead atoms. The molecule has 148 valence electrons. The zero-order valence-electron chi connectivity index (χ0n) is 14.4. The number of carbonyl (C=O) groups excluding carboxylic acids is 1. The van der Waals surface area contributed by atoms with Gasteiger partial charge in [-0.05, 0) is 41.5 Å². The number of fused-ring (bicyclic) bond motifs is 1. The van der Waals surface area contributed by atoms with Crippen LogP contribution < -0.4 is 11.1 Å². The summed E-state index contributed by atoms with van der Waals surface area (Å²) < 4.78 is 59.7. The number of nitrogens with two attached hydrogens (primary N) is 1. The van der Waals surface area contributed by atoms with Crippen LogP contribution in [0.4, 0.5) is 17.6 Å². The molecule has 1 aromatic heterocycles. The SMILES string of the molecule is NCc1cc2cc(-c3ccc(F)c(C(=O)NCCO)c3)cc(C(F)(F)F)c2o1. The molecular weight excluding hydrogens is 380 g/mol. The number of furan rings is 1. The Labute approximate surface area is 156 Å². The quantitative estimate of drug-likeness (QED) is 0.577. The van der Waals surface area contributed by atoms with Crippen LogP contribution in [0.2, 0.25) is 0 Å². The van der Waals surface area contributed by atoms with E-state index in [9.17, 15) is 22.4 Å². The Morgan fingerprint density at radius 1 is 1.14 bits per heavy atom. The number of rotatable bonds is 5. The van der Waals surface area contributed by atoms with Gasteiger partial charge in [-0.15, -0.1) is 0 Å². The molecule has 1 amide bonds. The predicted molar refractivity (Wildman–Crippen MR) is 93.9 cm³/mol. The van der Waals surface area contributed by atoms with Crippen LogP contribution in [-0.4, -0.2) is 24.2 Å². The van der Waals surface area contributed by atoms with E-state index in [1.807, 2.05) is 0 Å². The molecule has 3 rings (SSSR count). The Kier molecular flexibility index (Phi) is 5.39. The summed E-state index contributed by atoms with van der Waals surface area (Å²) in [4.78, 5) is 12.0. The fraction of sp³-hybridized carbons (Fsp3) is 0.211. The van der Waals surface area contributed by atoms with E-state index < -0.39 is 23.5 Å². The normalized spacial score (nSPS) is 11.8. The minimum atomic E-state index is -4.68. The molecule has 0 aliphatic rings. The molecular formula is C19H16F4N2O3. The second-order valence-electron chi connectivity index (χ2n) is 6.03. The topological polar surface area (TPSA) is 88.5 Å². The number of aliphatic hydroxyl groups is 1. The van der Waals surface area contributed by atoms with Crippen molar-refractivity contribution in [2.75, 3.05) is 13.2 Å². The molecule has 0 radical (unpaired) electrons. The predicted octanol–water partition coefficient (Wildman–Crippen LogP) is 3.44. The standard InChI is InChI=1S/C19H16F4N2O3/c20-16-2-1-10(7-14(16)18(27)25-3-4-26)11-5-12-6-13(9-24)28-17(12)15(8-11)19(21,22)23/h1-2,5-8,26H,3-4,9,24H2,(H,25,27). The summed E-state index contributed by atoms with van der Waals surface area (Å²) in [6.07, 6.45) is -4.68. The van der Waals surface area contributed by atoms with Crippen molar-refractivity contribution < 1.29 is 31.9 Å². The van der Waals surface area contributed by atoms with Gasteiger partial charge in [0.15, 0.2) is 0 Å². The van der Waals surface area contributed by atoms with Gasteiger partial charge in [-0.2, -0.15) is 13.2 Å². The Balaban J connectivity index is 2.14. The van der Waals surface area contributed by atoms with Crippen molar-refractivity contribution in [2.24, 2.45) is 5.73 Å². The van der Waals surface area contributed by atoms with E-state index in [4.69, 9.17) is 15.3 Å². The first-order chi connectivity index (χ1) is 13.2. The van der Waals surface area contributed by atoms with Gasteiger partial charge in [0, 0.05) is 11.9 Å². The molecule has 0 aliphatic carbocycles.